The van der Waals surface area contributed by atoms with E-state index in [9.17, 15) is 9.90 Å². The van der Waals surface area contributed by atoms with Crippen molar-refractivity contribution in [3.8, 4) is 5.75 Å². The van der Waals surface area contributed by atoms with Crippen LogP contribution < -0.4 is 4.74 Å². The fourth-order valence-corrected chi connectivity index (χ4v) is 2.33. The molecular formula is C15H16O6. The van der Waals surface area contributed by atoms with Gasteiger partial charge in [-0.15, -0.1) is 0 Å². The standard InChI is InChI=1S/C15H16O6/c1-9(16)20-11-4-2-10(3-5-11)15-19-8-13-14(21-15)12(17)6-7-18-13/h2-7,12-15,17H,8H2,1H3/t12-,13-,14+,15?/m1/s1. The molecule has 0 aromatic heterocycles. The number of aliphatic hydroxyl groups is 1. The van der Waals surface area contributed by atoms with E-state index in [1.165, 1.54) is 13.2 Å². The summed E-state index contributed by atoms with van der Waals surface area (Å²) in [7, 11) is 0. The Labute approximate surface area is 121 Å². The van der Waals surface area contributed by atoms with Crippen LogP contribution in [0.5, 0.6) is 5.75 Å². The summed E-state index contributed by atoms with van der Waals surface area (Å²) < 4.78 is 21.7. The Morgan fingerprint density at radius 2 is 2.10 bits per heavy atom. The van der Waals surface area contributed by atoms with Crippen molar-refractivity contribution in [2.24, 2.45) is 0 Å². The summed E-state index contributed by atoms with van der Waals surface area (Å²) in [6, 6.07) is 6.86. The number of esters is 1. The maximum Gasteiger partial charge on any atom is 0.308 e. The molecule has 1 aromatic carbocycles. The fourth-order valence-electron chi connectivity index (χ4n) is 2.33. The zero-order valence-corrected chi connectivity index (χ0v) is 11.5. The molecule has 1 unspecified atom stereocenters. The third-order valence-corrected chi connectivity index (χ3v) is 3.34. The Morgan fingerprint density at radius 3 is 2.81 bits per heavy atom. The molecule has 6 heteroatoms. The van der Waals surface area contributed by atoms with Gasteiger partial charge < -0.3 is 24.1 Å². The molecule has 1 aromatic rings. The number of carbonyl (C=O) groups excluding carboxylic acids is 1. The third-order valence-electron chi connectivity index (χ3n) is 3.34. The van der Waals surface area contributed by atoms with E-state index >= 15 is 0 Å². The summed E-state index contributed by atoms with van der Waals surface area (Å²) in [4.78, 5) is 10.9. The van der Waals surface area contributed by atoms with Crippen molar-refractivity contribution in [1.82, 2.24) is 0 Å². The Bertz CT molecular complexity index is 538. The van der Waals surface area contributed by atoms with Crippen LogP contribution in [0.2, 0.25) is 0 Å². The lowest BCUT2D eigenvalue weighted by atomic mass is 10.0. The van der Waals surface area contributed by atoms with Gasteiger partial charge in [0.05, 0.1) is 12.9 Å². The van der Waals surface area contributed by atoms with Crippen molar-refractivity contribution >= 4 is 5.97 Å². The van der Waals surface area contributed by atoms with Gasteiger partial charge in [-0.05, 0) is 18.2 Å². The Balaban J connectivity index is 1.70. The highest BCUT2D eigenvalue weighted by Crippen LogP contribution is 2.31. The second-order valence-electron chi connectivity index (χ2n) is 4.92. The molecule has 2 aliphatic rings. The molecule has 1 fully saturated rings. The smallest absolute Gasteiger partial charge is 0.308 e. The van der Waals surface area contributed by atoms with Gasteiger partial charge in [0.25, 0.3) is 0 Å². The summed E-state index contributed by atoms with van der Waals surface area (Å²) in [5.74, 6) is 0.0916. The molecule has 0 spiro atoms. The number of benzene rings is 1. The Kier molecular flexibility index (Phi) is 3.92. The van der Waals surface area contributed by atoms with Crippen molar-refractivity contribution in [1.29, 1.82) is 0 Å². The maximum atomic E-state index is 10.9. The number of aliphatic hydroxyl groups excluding tert-OH is 1. The molecule has 0 radical (unpaired) electrons. The van der Waals surface area contributed by atoms with Gasteiger partial charge in [0.2, 0.25) is 0 Å². The molecule has 2 aliphatic heterocycles. The lowest BCUT2D eigenvalue weighted by molar-refractivity contribution is -0.276. The van der Waals surface area contributed by atoms with E-state index in [4.69, 9.17) is 18.9 Å². The minimum absolute atomic E-state index is 0.304. The molecule has 0 saturated carbocycles. The van der Waals surface area contributed by atoms with Gasteiger partial charge in [-0.2, -0.15) is 0 Å². The van der Waals surface area contributed by atoms with E-state index in [0.29, 0.717) is 12.4 Å². The van der Waals surface area contributed by atoms with Crippen LogP contribution in [0.1, 0.15) is 18.8 Å². The van der Waals surface area contributed by atoms with Crippen molar-refractivity contribution in [3.63, 3.8) is 0 Å². The molecule has 0 aliphatic carbocycles. The monoisotopic (exact) mass is 292 g/mol. The van der Waals surface area contributed by atoms with E-state index in [1.54, 1.807) is 30.3 Å². The first-order valence-electron chi connectivity index (χ1n) is 6.69. The number of carbonyl (C=O) groups is 1. The second kappa shape index (κ2) is 5.85. The first-order chi connectivity index (χ1) is 10.1. The molecular weight excluding hydrogens is 276 g/mol. The van der Waals surface area contributed by atoms with Crippen molar-refractivity contribution < 1.29 is 28.8 Å². The lowest BCUT2D eigenvalue weighted by Crippen LogP contribution is -2.49. The van der Waals surface area contributed by atoms with Crippen molar-refractivity contribution in [3.05, 3.63) is 42.2 Å². The summed E-state index contributed by atoms with van der Waals surface area (Å²) in [6.07, 6.45) is 0.960. The topological polar surface area (TPSA) is 74.2 Å². The number of rotatable bonds is 2. The van der Waals surface area contributed by atoms with Crippen molar-refractivity contribution in [2.45, 2.75) is 31.5 Å². The van der Waals surface area contributed by atoms with Crippen LogP contribution in [0, 0.1) is 0 Å². The SMILES string of the molecule is CC(=O)Oc1ccc(C2OC[C@H]3OC=C[C@@H](O)[C@@H]3O2)cc1. The average molecular weight is 292 g/mol. The maximum absolute atomic E-state index is 10.9. The van der Waals surface area contributed by atoms with Gasteiger partial charge in [0.1, 0.15) is 18.0 Å². The van der Waals surface area contributed by atoms with Gasteiger partial charge in [-0.25, -0.2) is 0 Å². The zero-order chi connectivity index (χ0) is 14.8. The molecule has 1 saturated heterocycles. The quantitative estimate of drug-likeness (QED) is 0.654. The fraction of sp³-hybridized carbons (Fsp3) is 0.400. The van der Waals surface area contributed by atoms with Gasteiger partial charge in [0, 0.05) is 12.5 Å². The summed E-state index contributed by atoms with van der Waals surface area (Å²) in [6.45, 7) is 1.68. The number of fused-ring (bicyclic) bond motifs is 1. The largest absolute Gasteiger partial charge is 0.493 e. The third kappa shape index (κ3) is 3.07. The van der Waals surface area contributed by atoms with E-state index < -0.39 is 18.5 Å². The predicted octanol–water partition coefficient (Wildman–Crippen LogP) is 1.30. The molecule has 112 valence electrons. The molecule has 1 N–H and O–H groups in total. The molecule has 6 nitrogen and oxygen atoms in total. The van der Waals surface area contributed by atoms with E-state index in [1.807, 2.05) is 0 Å². The second-order valence-corrected chi connectivity index (χ2v) is 4.92. The van der Waals surface area contributed by atoms with Crippen molar-refractivity contribution in [2.75, 3.05) is 6.61 Å². The Morgan fingerprint density at radius 1 is 1.33 bits per heavy atom. The van der Waals surface area contributed by atoms with Gasteiger partial charge in [0.15, 0.2) is 12.4 Å². The summed E-state index contributed by atoms with van der Waals surface area (Å²) in [5.41, 5.74) is 0.783. The average Bonchev–Trinajstić information content (AvgIpc) is 2.48. The molecule has 2 heterocycles. The highest BCUT2D eigenvalue weighted by atomic mass is 16.7. The highest BCUT2D eigenvalue weighted by Gasteiger charge is 2.39. The summed E-state index contributed by atoms with van der Waals surface area (Å²) >= 11 is 0. The molecule has 0 amide bonds. The van der Waals surface area contributed by atoms with E-state index in [-0.39, 0.29) is 12.1 Å². The summed E-state index contributed by atoms with van der Waals surface area (Å²) in [5, 5.41) is 9.91. The van der Waals surface area contributed by atoms with Crippen LogP contribution in [-0.4, -0.2) is 36.0 Å². The van der Waals surface area contributed by atoms with Gasteiger partial charge >= 0.3 is 5.97 Å². The van der Waals surface area contributed by atoms with E-state index in [0.717, 1.165) is 5.56 Å². The number of hydrogen-bond donors (Lipinski definition) is 1. The molecule has 21 heavy (non-hydrogen) atoms. The first kappa shape index (κ1) is 14.1. The lowest BCUT2D eigenvalue weighted by Gasteiger charge is -2.39. The minimum Gasteiger partial charge on any atom is -0.493 e. The molecule has 3 rings (SSSR count). The first-order valence-corrected chi connectivity index (χ1v) is 6.69. The predicted molar refractivity (Wildman–Crippen MR) is 71.3 cm³/mol. The minimum atomic E-state index is -0.713. The van der Waals surface area contributed by atoms with Crippen LogP contribution >= 0.6 is 0 Å². The van der Waals surface area contributed by atoms with E-state index in [2.05, 4.69) is 0 Å². The van der Waals surface area contributed by atoms with Crippen LogP contribution in [0.25, 0.3) is 0 Å². The van der Waals surface area contributed by atoms with Gasteiger partial charge in [-0.1, -0.05) is 12.1 Å². The normalized spacial score (nSPS) is 31.1. The van der Waals surface area contributed by atoms with Crippen LogP contribution in [0.3, 0.4) is 0 Å². The number of hydrogen-bond acceptors (Lipinski definition) is 6. The zero-order valence-electron chi connectivity index (χ0n) is 11.5. The molecule has 0 bridgehead atoms. The Hall–Kier alpha value is -1.89. The number of ether oxygens (including phenoxy) is 4. The van der Waals surface area contributed by atoms with Gasteiger partial charge in [-0.3, -0.25) is 4.79 Å². The molecule has 4 atom stereocenters. The van der Waals surface area contributed by atoms with Crippen LogP contribution in [-0.2, 0) is 19.0 Å². The van der Waals surface area contributed by atoms with Crippen LogP contribution in [0.15, 0.2) is 36.6 Å². The van der Waals surface area contributed by atoms with Crippen LogP contribution in [0.4, 0.5) is 0 Å². The highest BCUT2D eigenvalue weighted by molar-refractivity contribution is 5.69.